The van der Waals surface area contributed by atoms with Gasteiger partial charge in [-0.1, -0.05) is 11.6 Å². The summed E-state index contributed by atoms with van der Waals surface area (Å²) in [6.45, 7) is 0. The third-order valence-corrected chi connectivity index (χ3v) is 2.00. The normalized spacial score (nSPS) is 9.36. The van der Waals surface area contributed by atoms with Crippen LogP contribution < -0.4 is 4.65 Å². The highest BCUT2D eigenvalue weighted by Gasteiger charge is 2.00. The highest BCUT2D eigenvalue weighted by molar-refractivity contribution is 9.10. The molecule has 0 aliphatic rings. The topological polar surface area (TPSA) is 29.5 Å². The van der Waals surface area contributed by atoms with Crippen molar-refractivity contribution in [1.29, 1.82) is 0 Å². The summed E-state index contributed by atoms with van der Waals surface area (Å²) >= 11 is 8.91. The second-order valence-corrected chi connectivity index (χ2v) is 3.14. The van der Waals surface area contributed by atoms with Gasteiger partial charge in [0.2, 0.25) is 0 Å². The van der Waals surface area contributed by atoms with E-state index in [0.717, 1.165) is 4.47 Å². The number of rotatable bonds is 2. The Morgan fingerprint density at radius 1 is 1.55 bits per heavy atom. The fourth-order valence-electron chi connectivity index (χ4n) is 0.657. The summed E-state index contributed by atoms with van der Waals surface area (Å²) in [5, 5.41) is 9.03. The van der Waals surface area contributed by atoms with Gasteiger partial charge in [0.25, 0.3) is 0 Å². The summed E-state index contributed by atoms with van der Waals surface area (Å²) in [5.74, 6) is 0.542. The number of benzene rings is 1. The Morgan fingerprint density at radius 2 is 2.27 bits per heavy atom. The predicted molar refractivity (Wildman–Crippen MR) is 49.1 cm³/mol. The van der Waals surface area contributed by atoms with Crippen LogP contribution in [0.15, 0.2) is 22.7 Å². The molecule has 5 heteroatoms. The first-order chi connectivity index (χ1) is 5.24. The Kier molecular flexibility index (Phi) is 3.24. The molecule has 11 heavy (non-hydrogen) atoms. The molecule has 0 aliphatic carbocycles. The van der Waals surface area contributed by atoms with E-state index in [9.17, 15) is 0 Å². The molecule has 0 spiro atoms. The lowest BCUT2D eigenvalue weighted by Crippen LogP contribution is -1.99. The van der Waals surface area contributed by atoms with Crippen LogP contribution in [0, 0.1) is 0 Å². The van der Waals surface area contributed by atoms with Crippen molar-refractivity contribution in [1.82, 2.24) is 0 Å². The molecule has 2 nitrogen and oxygen atoms in total. The van der Waals surface area contributed by atoms with E-state index in [4.69, 9.17) is 21.3 Å². The van der Waals surface area contributed by atoms with Gasteiger partial charge >= 0.3 is 7.69 Å². The van der Waals surface area contributed by atoms with Crippen molar-refractivity contribution in [3.63, 3.8) is 0 Å². The summed E-state index contributed by atoms with van der Waals surface area (Å²) in [5.41, 5.74) is 0. The third-order valence-electron chi connectivity index (χ3n) is 1.11. The van der Waals surface area contributed by atoms with Crippen LogP contribution in [-0.2, 0) is 0 Å². The summed E-state index contributed by atoms with van der Waals surface area (Å²) in [4.78, 5) is 0. The van der Waals surface area contributed by atoms with Gasteiger partial charge in [-0.15, -0.1) is 0 Å². The van der Waals surface area contributed by atoms with Gasteiger partial charge in [0.1, 0.15) is 5.75 Å². The van der Waals surface area contributed by atoms with E-state index in [1.807, 2.05) is 0 Å². The Balaban J connectivity index is 2.93. The zero-order chi connectivity index (χ0) is 8.27. The first kappa shape index (κ1) is 8.91. The van der Waals surface area contributed by atoms with Crippen LogP contribution in [0.3, 0.4) is 0 Å². The van der Waals surface area contributed by atoms with Crippen molar-refractivity contribution in [3.8, 4) is 5.75 Å². The molecule has 1 rings (SSSR count). The Bertz CT molecular complexity index is 256. The molecule has 0 saturated carbocycles. The van der Waals surface area contributed by atoms with E-state index in [1.165, 1.54) is 0 Å². The molecule has 0 atom stereocenters. The molecule has 1 N–H and O–H groups in total. The van der Waals surface area contributed by atoms with Crippen LogP contribution in [0.2, 0.25) is 5.02 Å². The lowest BCUT2D eigenvalue weighted by Gasteiger charge is -2.03. The van der Waals surface area contributed by atoms with Gasteiger partial charge in [0.15, 0.2) is 0 Å². The maximum Gasteiger partial charge on any atom is 0.504 e. The molecular weight excluding hydrogens is 230 g/mol. The van der Waals surface area contributed by atoms with Crippen molar-refractivity contribution >= 4 is 35.2 Å². The number of hydrogen-bond donors (Lipinski definition) is 1. The quantitative estimate of drug-likeness (QED) is 0.791. The van der Waals surface area contributed by atoms with Crippen molar-refractivity contribution in [3.05, 3.63) is 27.7 Å². The standard InChI is InChI=1S/C6H5BBrClO2/c8-5-2-1-4(9)3-6(5)11-7-10/h1-3,7,10H. The van der Waals surface area contributed by atoms with Gasteiger partial charge in [0, 0.05) is 5.02 Å². The summed E-state index contributed by atoms with van der Waals surface area (Å²) in [6.07, 6.45) is 0. The van der Waals surface area contributed by atoms with Crippen LogP contribution in [0.5, 0.6) is 5.75 Å². The summed E-state index contributed by atoms with van der Waals surface area (Å²) in [6, 6.07) is 5.12. The van der Waals surface area contributed by atoms with Crippen LogP contribution >= 0.6 is 27.5 Å². The van der Waals surface area contributed by atoms with E-state index in [-0.39, 0.29) is 7.69 Å². The van der Waals surface area contributed by atoms with Crippen LogP contribution in [0.25, 0.3) is 0 Å². The smallest absolute Gasteiger partial charge is 0.504 e. The minimum absolute atomic E-state index is 0.348. The van der Waals surface area contributed by atoms with E-state index in [2.05, 4.69) is 15.9 Å². The van der Waals surface area contributed by atoms with Gasteiger partial charge < -0.3 is 9.68 Å². The Hall–Kier alpha value is -0.185. The zero-order valence-corrected chi connectivity index (χ0v) is 7.89. The Labute approximate surface area is 78.6 Å². The fraction of sp³-hybridized carbons (Fsp3) is 0. The zero-order valence-electron chi connectivity index (χ0n) is 5.55. The van der Waals surface area contributed by atoms with Gasteiger partial charge in [0.05, 0.1) is 4.47 Å². The van der Waals surface area contributed by atoms with Gasteiger partial charge in [-0.05, 0) is 34.1 Å². The SMILES string of the molecule is OBOc1cc(Cl)ccc1Br. The van der Waals surface area contributed by atoms with Crippen LogP contribution in [0.4, 0.5) is 0 Å². The molecule has 0 heterocycles. The molecule has 0 radical (unpaired) electrons. The molecule has 0 aromatic heterocycles. The largest absolute Gasteiger partial charge is 0.538 e. The van der Waals surface area contributed by atoms with E-state index < -0.39 is 0 Å². The second kappa shape index (κ2) is 4.00. The molecule has 0 fully saturated rings. The van der Waals surface area contributed by atoms with Crippen molar-refractivity contribution in [2.75, 3.05) is 0 Å². The molecular formula is C6H5BBrClO2. The van der Waals surface area contributed by atoms with Gasteiger partial charge in [-0.2, -0.15) is 0 Å². The Morgan fingerprint density at radius 3 is 2.91 bits per heavy atom. The molecule has 0 amide bonds. The fourth-order valence-corrected chi connectivity index (χ4v) is 1.18. The highest BCUT2D eigenvalue weighted by Crippen LogP contribution is 2.27. The van der Waals surface area contributed by atoms with Crippen LogP contribution in [-0.4, -0.2) is 12.7 Å². The van der Waals surface area contributed by atoms with E-state index >= 15 is 0 Å². The summed E-state index contributed by atoms with van der Waals surface area (Å²) < 4.78 is 5.62. The lowest BCUT2D eigenvalue weighted by molar-refractivity contribution is 0.452. The highest BCUT2D eigenvalue weighted by atomic mass is 79.9. The van der Waals surface area contributed by atoms with Gasteiger partial charge in [-0.25, -0.2) is 0 Å². The summed E-state index contributed by atoms with van der Waals surface area (Å²) in [7, 11) is -0.348. The predicted octanol–water partition coefficient (Wildman–Crippen LogP) is 1.74. The van der Waals surface area contributed by atoms with E-state index in [1.54, 1.807) is 18.2 Å². The average molecular weight is 235 g/mol. The number of halogens is 2. The van der Waals surface area contributed by atoms with Crippen molar-refractivity contribution < 1.29 is 9.68 Å². The van der Waals surface area contributed by atoms with Crippen molar-refractivity contribution in [2.45, 2.75) is 0 Å². The molecule has 0 aliphatic heterocycles. The first-order valence-electron chi connectivity index (χ1n) is 2.93. The minimum Gasteiger partial charge on any atom is -0.538 e. The lowest BCUT2D eigenvalue weighted by atomic mass is 10.3. The second-order valence-electron chi connectivity index (χ2n) is 1.85. The average Bonchev–Trinajstić information content (AvgIpc) is 1.98. The minimum atomic E-state index is -0.348. The first-order valence-corrected chi connectivity index (χ1v) is 4.10. The molecule has 1 aromatic rings. The third kappa shape index (κ3) is 2.40. The maximum absolute atomic E-state index is 8.45. The molecule has 1 aromatic carbocycles. The number of hydrogen-bond acceptors (Lipinski definition) is 2. The van der Waals surface area contributed by atoms with E-state index in [0.29, 0.717) is 10.8 Å². The molecule has 0 saturated heterocycles. The molecule has 0 bridgehead atoms. The molecule has 0 unspecified atom stereocenters. The van der Waals surface area contributed by atoms with Crippen molar-refractivity contribution in [2.24, 2.45) is 0 Å². The van der Waals surface area contributed by atoms with Crippen LogP contribution in [0.1, 0.15) is 0 Å². The van der Waals surface area contributed by atoms with Gasteiger partial charge in [-0.3, -0.25) is 0 Å². The molecule has 58 valence electrons. The monoisotopic (exact) mass is 234 g/mol. The maximum atomic E-state index is 8.45.